The van der Waals surface area contributed by atoms with Gasteiger partial charge in [0.25, 0.3) is 0 Å². The van der Waals surface area contributed by atoms with Crippen LogP contribution in [0.4, 0.5) is 0 Å². The van der Waals surface area contributed by atoms with E-state index in [-0.39, 0.29) is 19.3 Å². The average molecular weight is 1470 g/mol. The largest absolute Gasteiger partial charge is 0.472 e. The third kappa shape index (κ3) is 40.3. The van der Waals surface area contributed by atoms with Gasteiger partial charge in [-0.25, -0.2) is 4.57 Å². The van der Waals surface area contributed by atoms with Gasteiger partial charge in [0.15, 0.2) is 18.7 Å². The zero-order chi connectivity index (χ0) is 73.9. The summed E-state index contributed by atoms with van der Waals surface area (Å²) >= 11 is 0. The van der Waals surface area contributed by atoms with E-state index in [4.69, 9.17) is 42.2 Å². The van der Waals surface area contributed by atoms with Crippen molar-refractivity contribution in [1.82, 2.24) is 0 Å². The van der Waals surface area contributed by atoms with Gasteiger partial charge in [-0.1, -0.05) is 244 Å². The van der Waals surface area contributed by atoms with Crippen LogP contribution in [-0.4, -0.2) is 204 Å². The number of carbonyl (C=O) groups is 3. The molecule has 0 aromatic heterocycles. The number of rotatable bonds is 62. The monoisotopic (exact) mass is 1470 g/mol. The first-order valence-corrected chi connectivity index (χ1v) is 41.1. The Balaban J connectivity index is 1.71. The van der Waals surface area contributed by atoms with Gasteiger partial charge < -0.3 is 89.1 Å². The van der Waals surface area contributed by atoms with Crippen LogP contribution in [0.2, 0.25) is 0 Å². The highest BCUT2D eigenvalue weighted by molar-refractivity contribution is 7.47. The SMILES string of the molecule is CCCCCC/C=C\CCCCCCCCCC(=O)OCC(COP(=O)(O)OC1C(OC2OC(CO)C(O)C(O)C2O)C(O)C(O)C(O)C1OC1OC(COC(=O)CCCCCCCCCCCCCCCCCC)C(O)C(O)C1O)OC(=O)CCCCCCCCC/C=C\CCCCCC. The molecule has 3 fully saturated rings. The molecule has 2 heterocycles. The lowest BCUT2D eigenvalue weighted by Gasteiger charge is -2.49. The van der Waals surface area contributed by atoms with E-state index in [1.807, 2.05) is 0 Å². The number of esters is 3. The summed E-state index contributed by atoms with van der Waals surface area (Å²) in [5.41, 5.74) is 0. The lowest BCUT2D eigenvalue weighted by molar-refractivity contribution is -0.360. The smallest absolute Gasteiger partial charge is 0.463 e. The summed E-state index contributed by atoms with van der Waals surface area (Å²) in [5, 5.41) is 110. The van der Waals surface area contributed by atoms with Gasteiger partial charge in [-0.2, -0.15) is 0 Å². The summed E-state index contributed by atoms with van der Waals surface area (Å²) in [6.45, 7) is 3.44. The third-order valence-electron chi connectivity index (χ3n) is 19.5. The summed E-state index contributed by atoms with van der Waals surface area (Å²) in [6, 6.07) is 0. The Labute approximate surface area is 605 Å². The van der Waals surface area contributed by atoms with E-state index in [0.717, 1.165) is 135 Å². The van der Waals surface area contributed by atoms with Gasteiger partial charge in [0.1, 0.15) is 98.7 Å². The molecule has 18 unspecified atom stereocenters. The average Bonchev–Trinajstić information content (AvgIpc) is 0.760. The summed E-state index contributed by atoms with van der Waals surface area (Å²) < 4.78 is 65.1. The first-order chi connectivity index (χ1) is 48.8. The number of aliphatic hydroxyl groups is 10. The van der Waals surface area contributed by atoms with Crippen molar-refractivity contribution in [2.24, 2.45) is 0 Å². The van der Waals surface area contributed by atoms with Crippen LogP contribution in [0.3, 0.4) is 0 Å². The second-order valence-corrected chi connectivity index (χ2v) is 29.8. The maximum absolute atomic E-state index is 14.4. The van der Waals surface area contributed by atoms with Crippen molar-refractivity contribution >= 4 is 25.7 Å². The highest BCUT2D eigenvalue weighted by atomic mass is 31.2. The van der Waals surface area contributed by atoms with Crippen molar-refractivity contribution in [3.05, 3.63) is 24.3 Å². The summed E-state index contributed by atoms with van der Waals surface area (Å²) in [4.78, 5) is 51.1. The molecule has 0 radical (unpaired) electrons. The summed E-state index contributed by atoms with van der Waals surface area (Å²) in [5.74, 6) is -1.99. The number of aliphatic hydroxyl groups excluding tert-OH is 10. The van der Waals surface area contributed by atoms with Crippen LogP contribution >= 0.6 is 7.82 Å². The zero-order valence-corrected chi connectivity index (χ0v) is 62.8. The Bertz CT molecular complexity index is 2180. The third-order valence-corrected chi connectivity index (χ3v) is 20.4. The molecule has 3 rings (SSSR count). The molecule has 1 saturated carbocycles. The minimum absolute atomic E-state index is 0.0316. The number of phosphoric acid groups is 1. The van der Waals surface area contributed by atoms with E-state index in [2.05, 4.69) is 45.1 Å². The van der Waals surface area contributed by atoms with Crippen LogP contribution in [-0.2, 0) is 61.2 Å². The molecule has 0 amide bonds. The maximum Gasteiger partial charge on any atom is 0.472 e. The molecule has 0 aromatic rings. The Morgan fingerprint density at radius 1 is 0.376 bits per heavy atom. The Morgan fingerprint density at radius 2 is 0.693 bits per heavy atom. The first-order valence-electron chi connectivity index (χ1n) is 39.6. The van der Waals surface area contributed by atoms with Gasteiger partial charge >= 0.3 is 25.7 Å². The zero-order valence-electron chi connectivity index (χ0n) is 61.9. The maximum atomic E-state index is 14.4. The van der Waals surface area contributed by atoms with Crippen LogP contribution in [0, 0.1) is 0 Å². The first kappa shape index (κ1) is 92.6. The molecule has 0 aromatic carbocycles. The predicted octanol–water partition coefficient (Wildman–Crippen LogP) is 11.7. The Hall–Kier alpha value is -2.56. The van der Waals surface area contributed by atoms with Crippen molar-refractivity contribution in [2.45, 2.75) is 414 Å². The fraction of sp³-hybridized carbons (Fsp3) is 0.908. The summed E-state index contributed by atoms with van der Waals surface area (Å²) in [6.07, 6.45) is 19.3. The van der Waals surface area contributed by atoms with Crippen LogP contribution < -0.4 is 0 Å². The minimum atomic E-state index is -5.70. The van der Waals surface area contributed by atoms with Gasteiger partial charge in [0.2, 0.25) is 0 Å². The molecule has 25 heteroatoms. The normalized spacial score (nSPS) is 27.3. The predicted molar refractivity (Wildman–Crippen MR) is 384 cm³/mol. The van der Waals surface area contributed by atoms with Gasteiger partial charge in [0, 0.05) is 19.3 Å². The minimum Gasteiger partial charge on any atom is -0.463 e. The van der Waals surface area contributed by atoms with E-state index < -0.39 is 156 Å². The molecule has 0 spiro atoms. The highest BCUT2D eigenvalue weighted by Gasteiger charge is 2.58. The Kier molecular flexibility index (Phi) is 52.8. The molecule has 0 bridgehead atoms. The molecule has 101 heavy (non-hydrogen) atoms. The van der Waals surface area contributed by atoms with Crippen molar-refractivity contribution in [1.29, 1.82) is 0 Å². The molecule has 3 aliphatic rings. The quantitative estimate of drug-likeness (QED) is 0.00886. The van der Waals surface area contributed by atoms with Gasteiger partial charge in [0.05, 0.1) is 13.2 Å². The van der Waals surface area contributed by atoms with Crippen LogP contribution in [0.25, 0.3) is 0 Å². The second-order valence-electron chi connectivity index (χ2n) is 28.4. The molecule has 1 aliphatic carbocycles. The number of phosphoric ester groups is 1. The van der Waals surface area contributed by atoms with Crippen LogP contribution in [0.5, 0.6) is 0 Å². The number of carbonyl (C=O) groups excluding carboxylic acids is 3. The molecular formula is C76H139O24P. The fourth-order valence-electron chi connectivity index (χ4n) is 13.0. The lowest BCUT2D eigenvalue weighted by atomic mass is 9.84. The number of hydrogen-bond acceptors (Lipinski definition) is 23. The number of ether oxygens (including phenoxy) is 7. The fourth-order valence-corrected chi connectivity index (χ4v) is 13.9. The topological polar surface area (TPSA) is 374 Å². The van der Waals surface area contributed by atoms with E-state index in [9.17, 15) is 74.9 Å². The van der Waals surface area contributed by atoms with Crippen LogP contribution in [0.15, 0.2) is 24.3 Å². The molecule has 2 saturated heterocycles. The van der Waals surface area contributed by atoms with E-state index in [1.165, 1.54) is 116 Å². The van der Waals surface area contributed by atoms with Gasteiger partial charge in [-0.05, 0) is 70.6 Å². The van der Waals surface area contributed by atoms with Gasteiger partial charge in [-0.3, -0.25) is 23.4 Å². The number of unbranched alkanes of at least 4 members (excludes halogenated alkanes) is 37. The lowest BCUT2D eigenvalue weighted by Crippen LogP contribution is -2.69. The molecule has 2 aliphatic heterocycles. The molecule has 24 nitrogen and oxygen atoms in total. The summed E-state index contributed by atoms with van der Waals surface area (Å²) in [7, 11) is -5.70. The van der Waals surface area contributed by atoms with Crippen molar-refractivity contribution in [2.75, 3.05) is 26.4 Å². The second kappa shape index (κ2) is 57.6. The number of allylic oxidation sites excluding steroid dienone is 4. The van der Waals surface area contributed by atoms with E-state index in [1.54, 1.807) is 0 Å². The van der Waals surface area contributed by atoms with E-state index >= 15 is 0 Å². The van der Waals surface area contributed by atoms with Crippen LogP contribution in [0.1, 0.15) is 310 Å². The van der Waals surface area contributed by atoms with Crippen molar-refractivity contribution in [3.8, 4) is 0 Å². The van der Waals surface area contributed by atoms with Gasteiger partial charge in [-0.15, -0.1) is 0 Å². The van der Waals surface area contributed by atoms with Crippen molar-refractivity contribution in [3.63, 3.8) is 0 Å². The standard InChI is InChI=1S/C76H139O24P/c1-4-7-10-13-16-19-22-25-28-31-33-36-39-42-45-48-51-61(79)93-56-59-64(82)66(84)71(89)76(97-59)99-73-69(87)67(85)68(86)72(98-75-70(88)65(83)63(81)58(53-77)96-75)74(73)100-101(90,91)94-55-57(95-62(80)52-49-46-43-40-37-34-30-27-24-21-18-15-12-9-6-3)54-92-60(78)50-47-44-41-38-35-32-29-26-23-20-17-14-11-8-5-2/h20-21,23-24,57-59,63-77,81-89H,4-19,22,25-56H2,1-3H3,(H,90,91)/b23-20-,24-21-. The number of hydrogen-bond donors (Lipinski definition) is 11. The van der Waals surface area contributed by atoms with Crippen molar-refractivity contribution < 1.29 is 117 Å². The molecule has 18 atom stereocenters. The molecular weight excluding hydrogens is 1330 g/mol. The Morgan fingerprint density at radius 3 is 1.08 bits per heavy atom. The molecule has 592 valence electrons. The highest BCUT2D eigenvalue weighted by Crippen LogP contribution is 2.49. The van der Waals surface area contributed by atoms with E-state index in [0.29, 0.717) is 19.3 Å². The molecule has 11 N–H and O–H groups in total.